The van der Waals surface area contributed by atoms with Crippen LogP contribution in [0.3, 0.4) is 0 Å². The highest BCUT2D eigenvalue weighted by atomic mass is 32.2. The number of ether oxygens (including phenoxy) is 1. The highest BCUT2D eigenvalue weighted by Crippen LogP contribution is 2.36. The molecular weight excluding hydrogens is 370 g/mol. The lowest BCUT2D eigenvalue weighted by molar-refractivity contribution is 0.0995. The average molecular weight is 398 g/mol. The summed E-state index contributed by atoms with van der Waals surface area (Å²) < 4.78 is 7.44. The molecule has 2 heterocycles. The van der Waals surface area contributed by atoms with Crippen LogP contribution >= 0.6 is 11.8 Å². The molecule has 0 bridgehead atoms. The zero-order chi connectivity index (χ0) is 20.4. The number of nitrogens with two attached hydrogens (primary N) is 1. The lowest BCUT2D eigenvalue weighted by atomic mass is 9.94. The molecule has 0 fully saturated rings. The number of primary amides is 1. The third kappa shape index (κ3) is 3.49. The number of thioether (sulfide) groups is 1. The molecule has 0 spiro atoms. The molecule has 6 heteroatoms. The normalized spacial score (nSPS) is 11.4. The topological polar surface area (TPSA) is 69.6 Å². The predicted molar refractivity (Wildman–Crippen MR) is 116 cm³/mol. The van der Waals surface area contributed by atoms with Gasteiger partial charge in [-0.25, -0.2) is 4.98 Å². The quantitative estimate of drug-likeness (QED) is 0.567. The molecule has 148 valence electrons. The third-order valence-corrected chi connectivity index (χ3v) is 6.00. The number of rotatable bonds is 7. The van der Waals surface area contributed by atoms with E-state index in [2.05, 4.69) is 19.9 Å². The highest BCUT2D eigenvalue weighted by Gasteiger charge is 2.23. The number of fused-ring (bicyclic) bond motifs is 1. The molecule has 2 N–H and O–H groups in total. The molecule has 0 unspecified atom stereocenters. The number of nitrogens with zero attached hydrogens (tertiary/aromatic N) is 2. The molecule has 0 aliphatic carbocycles. The van der Waals surface area contributed by atoms with Crippen LogP contribution in [0.25, 0.3) is 16.9 Å². The monoisotopic (exact) mass is 397 g/mol. The van der Waals surface area contributed by atoms with Gasteiger partial charge < -0.3 is 10.5 Å². The number of aromatic nitrogens is 2. The maximum Gasteiger partial charge on any atom is 0.268 e. The highest BCUT2D eigenvalue weighted by molar-refractivity contribution is 7.98. The summed E-state index contributed by atoms with van der Waals surface area (Å²) in [5, 5.41) is 0. The van der Waals surface area contributed by atoms with E-state index in [-0.39, 0.29) is 0 Å². The van der Waals surface area contributed by atoms with Crippen LogP contribution in [0, 0.1) is 6.92 Å². The molecule has 3 aromatic rings. The van der Waals surface area contributed by atoms with Gasteiger partial charge in [-0.05, 0) is 61.3 Å². The second-order valence-corrected chi connectivity index (χ2v) is 7.78. The van der Waals surface area contributed by atoms with Crippen LogP contribution in [0.1, 0.15) is 54.2 Å². The van der Waals surface area contributed by atoms with Gasteiger partial charge in [0.15, 0.2) is 0 Å². The van der Waals surface area contributed by atoms with E-state index in [1.54, 1.807) is 18.9 Å². The SMILES string of the molecule is CCC(CC)c1cc(C)c2nc(-c3ccc(SC)cc3OC)c(C(N)=O)n2c1. The summed E-state index contributed by atoms with van der Waals surface area (Å²) in [6, 6.07) is 8.07. The summed E-state index contributed by atoms with van der Waals surface area (Å²) in [5.41, 5.74) is 10.5. The van der Waals surface area contributed by atoms with Crippen LogP contribution < -0.4 is 10.5 Å². The van der Waals surface area contributed by atoms with Crippen molar-refractivity contribution in [2.45, 2.75) is 44.4 Å². The molecule has 1 amide bonds. The number of hydrogen-bond donors (Lipinski definition) is 1. The Morgan fingerprint density at radius 2 is 2.00 bits per heavy atom. The van der Waals surface area contributed by atoms with Crippen molar-refractivity contribution in [3.8, 4) is 17.0 Å². The molecule has 1 aromatic carbocycles. The van der Waals surface area contributed by atoms with E-state index in [0.717, 1.165) is 34.5 Å². The van der Waals surface area contributed by atoms with Crippen molar-refractivity contribution in [1.82, 2.24) is 9.38 Å². The van der Waals surface area contributed by atoms with E-state index in [4.69, 9.17) is 15.5 Å². The molecule has 3 rings (SSSR count). The fourth-order valence-corrected chi connectivity index (χ4v) is 4.17. The van der Waals surface area contributed by atoms with Crippen molar-refractivity contribution in [2.24, 2.45) is 5.73 Å². The first kappa shape index (κ1) is 20.3. The number of imidazole rings is 1. The average Bonchev–Trinajstić information content (AvgIpc) is 3.08. The lowest BCUT2D eigenvalue weighted by Crippen LogP contribution is -2.15. The molecule has 0 saturated carbocycles. The first-order chi connectivity index (χ1) is 13.4. The molecule has 0 saturated heterocycles. The van der Waals surface area contributed by atoms with Gasteiger partial charge >= 0.3 is 0 Å². The maximum atomic E-state index is 12.4. The largest absolute Gasteiger partial charge is 0.496 e. The summed E-state index contributed by atoms with van der Waals surface area (Å²) >= 11 is 1.63. The Balaban J connectivity index is 2.32. The number of pyridine rings is 1. The number of aryl methyl sites for hydroxylation is 1. The van der Waals surface area contributed by atoms with Crippen molar-refractivity contribution in [1.29, 1.82) is 0 Å². The van der Waals surface area contributed by atoms with Crippen LogP contribution in [-0.2, 0) is 0 Å². The van der Waals surface area contributed by atoms with Crippen molar-refractivity contribution >= 4 is 23.3 Å². The zero-order valence-electron chi connectivity index (χ0n) is 17.1. The second kappa shape index (κ2) is 8.27. The molecular formula is C22H27N3O2S. The molecule has 0 aliphatic heterocycles. The van der Waals surface area contributed by atoms with Gasteiger partial charge in [0.25, 0.3) is 5.91 Å². The molecule has 0 atom stereocenters. The number of methoxy groups -OCH3 is 1. The van der Waals surface area contributed by atoms with E-state index < -0.39 is 5.91 Å². The minimum absolute atomic E-state index is 0.390. The van der Waals surface area contributed by atoms with Gasteiger partial charge in [-0.1, -0.05) is 19.9 Å². The Kier molecular flexibility index (Phi) is 5.98. The summed E-state index contributed by atoms with van der Waals surface area (Å²) in [6.45, 7) is 6.39. The minimum atomic E-state index is -0.500. The molecule has 2 aromatic heterocycles. The fourth-order valence-electron chi connectivity index (χ4n) is 3.74. The number of carbonyl (C=O) groups excluding carboxylic acids is 1. The standard InChI is InChI=1S/C22H27N3O2S/c1-6-14(7-2)15-10-13(3)22-24-19(20(21(23)26)25(22)12-15)17-9-8-16(28-5)11-18(17)27-4/h8-12,14H,6-7H2,1-5H3,(H2,23,26). The maximum absolute atomic E-state index is 12.4. The van der Waals surface area contributed by atoms with Crippen molar-refractivity contribution < 1.29 is 9.53 Å². The third-order valence-electron chi connectivity index (χ3n) is 5.28. The van der Waals surface area contributed by atoms with Gasteiger partial charge in [0.05, 0.1) is 7.11 Å². The van der Waals surface area contributed by atoms with Gasteiger partial charge in [0, 0.05) is 16.7 Å². The van der Waals surface area contributed by atoms with Crippen LogP contribution in [0.2, 0.25) is 0 Å². The van der Waals surface area contributed by atoms with Gasteiger partial charge in [-0.3, -0.25) is 9.20 Å². The Hall–Kier alpha value is -2.47. The first-order valence-corrected chi connectivity index (χ1v) is 10.7. The van der Waals surface area contributed by atoms with Gasteiger partial charge in [-0.15, -0.1) is 11.8 Å². The predicted octanol–water partition coefficient (Wildman–Crippen LogP) is 5.04. The summed E-state index contributed by atoms with van der Waals surface area (Å²) in [6.07, 6.45) is 6.11. The van der Waals surface area contributed by atoms with Crippen molar-refractivity contribution in [3.63, 3.8) is 0 Å². The Morgan fingerprint density at radius 3 is 2.57 bits per heavy atom. The van der Waals surface area contributed by atoms with E-state index >= 15 is 0 Å². The first-order valence-electron chi connectivity index (χ1n) is 9.49. The van der Waals surface area contributed by atoms with Crippen LogP contribution in [0.15, 0.2) is 35.4 Å². The van der Waals surface area contributed by atoms with Gasteiger partial charge in [-0.2, -0.15) is 0 Å². The van der Waals surface area contributed by atoms with Crippen LogP contribution in [-0.4, -0.2) is 28.7 Å². The summed E-state index contributed by atoms with van der Waals surface area (Å²) in [4.78, 5) is 18.3. The zero-order valence-corrected chi connectivity index (χ0v) is 17.9. The number of carbonyl (C=O) groups is 1. The molecule has 28 heavy (non-hydrogen) atoms. The fraction of sp³-hybridized carbons (Fsp3) is 0.364. The van der Waals surface area contributed by atoms with Crippen molar-refractivity contribution in [2.75, 3.05) is 13.4 Å². The molecule has 0 aliphatic rings. The summed E-state index contributed by atoms with van der Waals surface area (Å²) in [7, 11) is 1.62. The van der Waals surface area contributed by atoms with Crippen LogP contribution in [0.5, 0.6) is 5.75 Å². The minimum Gasteiger partial charge on any atom is -0.496 e. The van der Waals surface area contributed by atoms with E-state index in [1.165, 1.54) is 5.56 Å². The van der Waals surface area contributed by atoms with Gasteiger partial charge in [0.2, 0.25) is 0 Å². The Bertz CT molecular complexity index is 1020. The van der Waals surface area contributed by atoms with Gasteiger partial charge in [0.1, 0.15) is 22.8 Å². The number of hydrogen-bond acceptors (Lipinski definition) is 4. The lowest BCUT2D eigenvalue weighted by Gasteiger charge is -2.15. The second-order valence-electron chi connectivity index (χ2n) is 6.90. The van der Waals surface area contributed by atoms with E-state index in [1.807, 2.05) is 42.0 Å². The Morgan fingerprint density at radius 1 is 1.29 bits per heavy atom. The van der Waals surface area contributed by atoms with Crippen LogP contribution in [0.4, 0.5) is 0 Å². The molecule has 5 nitrogen and oxygen atoms in total. The molecule has 0 radical (unpaired) electrons. The Labute approximate surface area is 170 Å². The number of benzene rings is 1. The smallest absolute Gasteiger partial charge is 0.268 e. The van der Waals surface area contributed by atoms with E-state index in [0.29, 0.717) is 23.1 Å². The van der Waals surface area contributed by atoms with E-state index in [9.17, 15) is 4.79 Å². The summed E-state index contributed by atoms with van der Waals surface area (Å²) in [5.74, 6) is 0.611. The number of amides is 1. The van der Waals surface area contributed by atoms with Crippen molar-refractivity contribution in [3.05, 3.63) is 47.3 Å².